The number of nitrogens with zero attached hydrogens (tertiary/aromatic N) is 2. The second-order valence-electron chi connectivity index (χ2n) is 6.69. The Morgan fingerprint density at radius 3 is 2.92 bits per heavy atom. The topological polar surface area (TPSA) is 86.7 Å². The number of carbonyl (C=O) groups excluding carboxylic acids is 2. The molecule has 1 aromatic heterocycles. The van der Waals surface area contributed by atoms with Gasteiger partial charge in [0.25, 0.3) is 11.8 Å². The Balaban J connectivity index is 1.50. The minimum atomic E-state index is -0.174. The van der Waals surface area contributed by atoms with E-state index < -0.39 is 0 Å². The van der Waals surface area contributed by atoms with Gasteiger partial charge >= 0.3 is 0 Å². The molecule has 1 aromatic carbocycles. The van der Waals surface area contributed by atoms with E-state index in [9.17, 15) is 9.59 Å². The van der Waals surface area contributed by atoms with Crippen molar-refractivity contribution < 1.29 is 9.59 Å². The molecule has 6 heteroatoms. The summed E-state index contributed by atoms with van der Waals surface area (Å²) in [5, 5.41) is 11.0. The molecular formula is C20H20N4O2. The van der Waals surface area contributed by atoms with Crippen molar-refractivity contribution in [1.29, 1.82) is 0 Å². The number of aromatic amines is 1. The Labute approximate surface area is 151 Å². The van der Waals surface area contributed by atoms with Crippen LogP contribution in [0.1, 0.15) is 41.7 Å². The smallest absolute Gasteiger partial charge is 0.291 e. The van der Waals surface area contributed by atoms with Gasteiger partial charge in [-0.1, -0.05) is 12.1 Å². The van der Waals surface area contributed by atoms with Crippen molar-refractivity contribution >= 4 is 17.5 Å². The van der Waals surface area contributed by atoms with E-state index in [1.807, 2.05) is 24.3 Å². The summed E-state index contributed by atoms with van der Waals surface area (Å²) in [6.07, 6.45) is 6.29. The van der Waals surface area contributed by atoms with Gasteiger partial charge in [0.05, 0.1) is 6.04 Å². The lowest BCUT2D eigenvalue weighted by Crippen LogP contribution is -2.23. The van der Waals surface area contributed by atoms with Crippen LogP contribution in [0.5, 0.6) is 0 Å². The van der Waals surface area contributed by atoms with E-state index in [0.29, 0.717) is 12.1 Å². The van der Waals surface area contributed by atoms with Gasteiger partial charge in [0, 0.05) is 23.9 Å². The standard InChI is InChI=1S/C20H20N4O2/c25-19-16-8-2-1-7-15(16)18(23-24-19)12-13-5-3-6-14(11-13)22-20(26)17-9-4-10-21-17/h3-6,9-11,18,21H,1-2,7-8,12H2,(H,22,26). The van der Waals surface area contributed by atoms with Crippen LogP contribution in [0.3, 0.4) is 0 Å². The predicted octanol–water partition coefficient (Wildman–Crippen LogP) is 4.04. The highest BCUT2D eigenvalue weighted by Crippen LogP contribution is 2.33. The second-order valence-corrected chi connectivity index (χ2v) is 6.69. The molecule has 2 N–H and O–H groups in total. The molecule has 0 spiro atoms. The summed E-state index contributed by atoms with van der Waals surface area (Å²) in [5.41, 5.74) is 4.34. The number of H-pyrrole nitrogens is 1. The highest BCUT2D eigenvalue weighted by Gasteiger charge is 2.28. The van der Waals surface area contributed by atoms with Crippen molar-refractivity contribution in [1.82, 2.24) is 4.98 Å². The number of carbonyl (C=O) groups is 2. The predicted molar refractivity (Wildman–Crippen MR) is 98.0 cm³/mol. The zero-order valence-electron chi connectivity index (χ0n) is 14.4. The number of amides is 2. The Morgan fingerprint density at radius 2 is 2.08 bits per heavy atom. The molecule has 0 fully saturated rings. The maximum atomic E-state index is 12.2. The van der Waals surface area contributed by atoms with E-state index in [-0.39, 0.29) is 17.9 Å². The summed E-state index contributed by atoms with van der Waals surface area (Å²) in [5.74, 6) is -0.338. The molecule has 2 heterocycles. The Hall–Kier alpha value is -3.02. The SMILES string of the molecule is O=C1N=NC(Cc2cccc(NC(=O)c3ccc[nH]3)c2)C2=C1CCCC2. The first-order valence-electron chi connectivity index (χ1n) is 8.91. The van der Waals surface area contributed by atoms with Gasteiger partial charge in [-0.15, -0.1) is 5.11 Å². The Kier molecular flexibility index (Phi) is 4.48. The molecule has 132 valence electrons. The van der Waals surface area contributed by atoms with Crippen LogP contribution in [0, 0.1) is 0 Å². The second kappa shape index (κ2) is 7.07. The summed E-state index contributed by atoms with van der Waals surface area (Å²) in [4.78, 5) is 27.0. The van der Waals surface area contributed by atoms with E-state index in [1.165, 1.54) is 0 Å². The molecule has 2 amide bonds. The number of anilines is 1. The first-order chi connectivity index (χ1) is 12.7. The highest BCUT2D eigenvalue weighted by molar-refractivity contribution is 6.02. The average molecular weight is 348 g/mol. The van der Waals surface area contributed by atoms with Gasteiger partial charge in [-0.25, -0.2) is 0 Å². The van der Waals surface area contributed by atoms with Crippen LogP contribution in [-0.4, -0.2) is 22.8 Å². The molecule has 1 atom stereocenters. The van der Waals surface area contributed by atoms with Crippen molar-refractivity contribution in [2.75, 3.05) is 5.32 Å². The maximum absolute atomic E-state index is 12.2. The molecule has 1 unspecified atom stereocenters. The minimum Gasteiger partial charge on any atom is -0.357 e. The summed E-state index contributed by atoms with van der Waals surface area (Å²) in [7, 11) is 0. The first-order valence-corrected chi connectivity index (χ1v) is 8.91. The molecular weight excluding hydrogens is 328 g/mol. The molecule has 0 saturated carbocycles. The molecule has 26 heavy (non-hydrogen) atoms. The molecule has 2 aromatic rings. The van der Waals surface area contributed by atoms with Crippen molar-refractivity contribution in [2.45, 2.75) is 38.1 Å². The number of azo groups is 1. The number of benzene rings is 1. The van der Waals surface area contributed by atoms with Crippen LogP contribution in [0.4, 0.5) is 5.69 Å². The molecule has 1 aliphatic carbocycles. The summed E-state index contributed by atoms with van der Waals surface area (Å²) >= 11 is 0. The Morgan fingerprint density at radius 1 is 1.19 bits per heavy atom. The number of hydrogen-bond acceptors (Lipinski definition) is 3. The first kappa shape index (κ1) is 16.4. The van der Waals surface area contributed by atoms with Gasteiger partial charge in [0.15, 0.2) is 0 Å². The third kappa shape index (κ3) is 3.35. The fraction of sp³-hybridized carbons (Fsp3) is 0.300. The van der Waals surface area contributed by atoms with Crippen LogP contribution in [0.2, 0.25) is 0 Å². The van der Waals surface area contributed by atoms with Gasteiger partial charge in [0.1, 0.15) is 5.69 Å². The number of rotatable bonds is 4. The molecule has 2 aliphatic rings. The van der Waals surface area contributed by atoms with Crippen molar-refractivity contribution in [3.63, 3.8) is 0 Å². The molecule has 0 radical (unpaired) electrons. The van der Waals surface area contributed by atoms with E-state index in [2.05, 4.69) is 20.5 Å². The van der Waals surface area contributed by atoms with E-state index in [4.69, 9.17) is 0 Å². The lowest BCUT2D eigenvalue weighted by Gasteiger charge is -2.25. The van der Waals surface area contributed by atoms with E-state index >= 15 is 0 Å². The average Bonchev–Trinajstić information content (AvgIpc) is 3.20. The largest absolute Gasteiger partial charge is 0.357 e. The zero-order valence-corrected chi connectivity index (χ0v) is 14.4. The fourth-order valence-corrected chi connectivity index (χ4v) is 3.63. The third-order valence-electron chi connectivity index (χ3n) is 4.92. The quantitative estimate of drug-likeness (QED) is 0.873. The summed E-state index contributed by atoms with van der Waals surface area (Å²) in [6.45, 7) is 0. The van der Waals surface area contributed by atoms with Crippen molar-refractivity contribution in [3.05, 3.63) is 65.0 Å². The normalized spacial score (nSPS) is 19.4. The lowest BCUT2D eigenvalue weighted by atomic mass is 9.84. The molecule has 0 saturated heterocycles. The van der Waals surface area contributed by atoms with Crippen LogP contribution >= 0.6 is 0 Å². The van der Waals surface area contributed by atoms with Crippen LogP contribution in [0.25, 0.3) is 0 Å². The fourth-order valence-electron chi connectivity index (χ4n) is 3.63. The van der Waals surface area contributed by atoms with E-state index in [1.54, 1.807) is 18.3 Å². The van der Waals surface area contributed by atoms with Gasteiger partial charge in [0.2, 0.25) is 0 Å². The van der Waals surface area contributed by atoms with Crippen LogP contribution < -0.4 is 5.32 Å². The highest BCUT2D eigenvalue weighted by atomic mass is 16.2. The number of nitrogens with one attached hydrogen (secondary N) is 2. The molecule has 6 nitrogen and oxygen atoms in total. The van der Waals surface area contributed by atoms with E-state index in [0.717, 1.165) is 48.1 Å². The lowest BCUT2D eigenvalue weighted by molar-refractivity contribution is -0.115. The monoisotopic (exact) mass is 348 g/mol. The van der Waals surface area contributed by atoms with Gasteiger partial charge in [-0.3, -0.25) is 9.59 Å². The maximum Gasteiger partial charge on any atom is 0.291 e. The summed E-state index contributed by atoms with van der Waals surface area (Å²) < 4.78 is 0. The van der Waals surface area contributed by atoms with Crippen molar-refractivity contribution in [3.8, 4) is 0 Å². The van der Waals surface area contributed by atoms with Gasteiger partial charge < -0.3 is 10.3 Å². The van der Waals surface area contributed by atoms with Crippen LogP contribution in [0.15, 0.2) is 64.0 Å². The van der Waals surface area contributed by atoms with Crippen molar-refractivity contribution in [2.24, 2.45) is 10.2 Å². The van der Waals surface area contributed by atoms with Gasteiger partial charge in [-0.05, 0) is 61.1 Å². The summed E-state index contributed by atoms with van der Waals surface area (Å²) in [6, 6.07) is 11.2. The number of hydrogen-bond donors (Lipinski definition) is 2. The van der Waals surface area contributed by atoms with Gasteiger partial charge in [-0.2, -0.15) is 5.11 Å². The van der Waals surface area contributed by atoms with Crippen LogP contribution in [-0.2, 0) is 11.2 Å². The zero-order chi connectivity index (χ0) is 17.9. The molecule has 0 bridgehead atoms. The number of aromatic nitrogens is 1. The minimum absolute atomic E-state index is 0.0719. The molecule has 1 aliphatic heterocycles. The Bertz CT molecular complexity index is 896. The molecule has 4 rings (SSSR count). The third-order valence-corrected chi connectivity index (χ3v) is 4.92.